The largest absolute Gasteiger partial charge is 0.342 e. The van der Waals surface area contributed by atoms with Crippen molar-refractivity contribution in [3.8, 4) is 0 Å². The molecule has 2 fully saturated rings. The molecule has 2 rings (SSSR count). The second-order valence-electron chi connectivity index (χ2n) is 5.48. The van der Waals surface area contributed by atoms with E-state index in [1.165, 1.54) is 6.42 Å². The summed E-state index contributed by atoms with van der Waals surface area (Å²) in [5.74, 6) is 0.0337. The van der Waals surface area contributed by atoms with E-state index < -0.39 is 0 Å². The average molecular weight is 253 g/mol. The Morgan fingerprint density at radius 1 is 1.22 bits per heavy atom. The number of amides is 2. The second kappa shape index (κ2) is 5.69. The summed E-state index contributed by atoms with van der Waals surface area (Å²) in [6.45, 7) is 1.50. The number of piperazine rings is 1. The number of likely N-dealkylation sites (N-methyl/N-ethyl adjacent to an activating group) is 1. The Morgan fingerprint density at radius 3 is 2.67 bits per heavy atom. The molecule has 1 heterocycles. The van der Waals surface area contributed by atoms with E-state index in [1.807, 2.05) is 0 Å². The predicted molar refractivity (Wildman–Crippen MR) is 68.8 cm³/mol. The van der Waals surface area contributed by atoms with Crippen LogP contribution in [0.4, 0.5) is 0 Å². The van der Waals surface area contributed by atoms with Gasteiger partial charge in [-0.3, -0.25) is 9.59 Å². The molecule has 0 aromatic carbocycles. The van der Waals surface area contributed by atoms with Gasteiger partial charge in [-0.1, -0.05) is 19.3 Å². The lowest BCUT2D eigenvalue weighted by atomic mass is 9.93. The summed E-state index contributed by atoms with van der Waals surface area (Å²) >= 11 is 0. The Labute approximate surface area is 108 Å². The van der Waals surface area contributed by atoms with Crippen molar-refractivity contribution in [2.75, 3.05) is 26.7 Å². The van der Waals surface area contributed by atoms with Crippen LogP contribution in [0.15, 0.2) is 0 Å². The lowest BCUT2D eigenvalue weighted by molar-refractivity contribution is -0.147. The van der Waals surface area contributed by atoms with Crippen molar-refractivity contribution < 1.29 is 9.59 Å². The summed E-state index contributed by atoms with van der Waals surface area (Å²) in [6.07, 6.45) is 5.16. The highest BCUT2D eigenvalue weighted by Crippen LogP contribution is 2.24. The van der Waals surface area contributed by atoms with E-state index >= 15 is 0 Å². The van der Waals surface area contributed by atoms with Crippen LogP contribution >= 0.6 is 0 Å². The molecule has 2 aliphatic rings. The van der Waals surface area contributed by atoms with Gasteiger partial charge in [-0.15, -0.1) is 0 Å². The fourth-order valence-corrected chi connectivity index (χ4v) is 2.82. The average Bonchev–Trinajstić information content (AvgIpc) is 2.56. The van der Waals surface area contributed by atoms with Gasteiger partial charge in [0.1, 0.15) is 0 Å². The minimum absolute atomic E-state index is 0.0248. The van der Waals surface area contributed by atoms with Gasteiger partial charge in [0.25, 0.3) is 0 Å². The Morgan fingerprint density at radius 2 is 1.94 bits per heavy atom. The molecule has 2 N–H and O–H groups in total. The smallest absolute Gasteiger partial charge is 0.241 e. The molecule has 102 valence electrons. The SMILES string of the molecule is CN1CCN(C(=O)C2CCCCCC2N)CC1=O. The van der Waals surface area contributed by atoms with Crippen LogP contribution in [-0.4, -0.2) is 54.3 Å². The molecule has 2 unspecified atom stereocenters. The second-order valence-corrected chi connectivity index (χ2v) is 5.48. The summed E-state index contributed by atoms with van der Waals surface area (Å²) < 4.78 is 0. The Kier molecular flexibility index (Phi) is 4.22. The Balaban J connectivity index is 1.99. The molecule has 2 amide bonds. The van der Waals surface area contributed by atoms with Crippen LogP contribution in [0.2, 0.25) is 0 Å². The molecule has 0 spiro atoms. The third kappa shape index (κ3) is 2.83. The van der Waals surface area contributed by atoms with Crippen LogP contribution in [0.1, 0.15) is 32.1 Å². The topological polar surface area (TPSA) is 66.6 Å². The van der Waals surface area contributed by atoms with Crippen molar-refractivity contribution in [1.82, 2.24) is 9.80 Å². The van der Waals surface area contributed by atoms with Crippen molar-refractivity contribution >= 4 is 11.8 Å². The lowest BCUT2D eigenvalue weighted by Gasteiger charge is -2.35. The summed E-state index contributed by atoms with van der Waals surface area (Å²) in [4.78, 5) is 27.5. The van der Waals surface area contributed by atoms with Gasteiger partial charge in [-0.2, -0.15) is 0 Å². The van der Waals surface area contributed by atoms with Crippen molar-refractivity contribution in [2.24, 2.45) is 11.7 Å². The molecule has 18 heavy (non-hydrogen) atoms. The minimum atomic E-state index is -0.0799. The van der Waals surface area contributed by atoms with Gasteiger partial charge >= 0.3 is 0 Å². The van der Waals surface area contributed by atoms with Gasteiger partial charge in [-0.25, -0.2) is 0 Å². The molecule has 2 atom stereocenters. The maximum Gasteiger partial charge on any atom is 0.241 e. The van der Waals surface area contributed by atoms with E-state index in [4.69, 9.17) is 5.73 Å². The third-order valence-electron chi connectivity index (χ3n) is 4.16. The van der Waals surface area contributed by atoms with E-state index in [2.05, 4.69) is 0 Å². The van der Waals surface area contributed by atoms with Crippen molar-refractivity contribution in [1.29, 1.82) is 0 Å². The highest BCUT2D eigenvalue weighted by molar-refractivity contribution is 5.87. The molecular formula is C13H23N3O2. The predicted octanol–water partition coefficient (Wildman–Crippen LogP) is 0.195. The molecule has 5 nitrogen and oxygen atoms in total. The van der Waals surface area contributed by atoms with E-state index in [0.29, 0.717) is 13.1 Å². The monoisotopic (exact) mass is 253 g/mol. The highest BCUT2D eigenvalue weighted by atomic mass is 16.2. The normalized spacial score (nSPS) is 30.2. The molecule has 1 saturated heterocycles. The first-order chi connectivity index (χ1) is 8.59. The van der Waals surface area contributed by atoms with Gasteiger partial charge in [0.05, 0.1) is 12.5 Å². The number of nitrogens with two attached hydrogens (primary N) is 1. The van der Waals surface area contributed by atoms with E-state index in [-0.39, 0.29) is 30.3 Å². The summed E-state index contributed by atoms with van der Waals surface area (Å²) in [5, 5.41) is 0. The zero-order valence-electron chi connectivity index (χ0n) is 11.1. The number of hydrogen-bond donors (Lipinski definition) is 1. The van der Waals surface area contributed by atoms with Crippen molar-refractivity contribution in [2.45, 2.75) is 38.1 Å². The zero-order chi connectivity index (χ0) is 13.1. The van der Waals surface area contributed by atoms with Crippen LogP contribution in [0.5, 0.6) is 0 Å². The van der Waals surface area contributed by atoms with Crippen molar-refractivity contribution in [3.63, 3.8) is 0 Å². The minimum Gasteiger partial charge on any atom is -0.342 e. The summed E-state index contributed by atoms with van der Waals surface area (Å²) in [6, 6.07) is -0.0326. The molecule has 0 radical (unpaired) electrons. The molecule has 0 aromatic heterocycles. The Hall–Kier alpha value is -1.10. The maximum atomic E-state index is 12.4. The van der Waals surface area contributed by atoms with Crippen LogP contribution < -0.4 is 5.73 Å². The van der Waals surface area contributed by atoms with Crippen LogP contribution in [-0.2, 0) is 9.59 Å². The number of carbonyl (C=O) groups is 2. The van der Waals surface area contributed by atoms with E-state index in [0.717, 1.165) is 25.7 Å². The zero-order valence-corrected chi connectivity index (χ0v) is 11.1. The third-order valence-corrected chi connectivity index (χ3v) is 4.16. The van der Waals surface area contributed by atoms with Gasteiger partial charge in [0, 0.05) is 26.2 Å². The van der Waals surface area contributed by atoms with Crippen LogP contribution in [0, 0.1) is 5.92 Å². The fourth-order valence-electron chi connectivity index (χ4n) is 2.82. The van der Waals surface area contributed by atoms with E-state index in [9.17, 15) is 9.59 Å². The molecule has 5 heteroatoms. The molecular weight excluding hydrogens is 230 g/mol. The Bertz CT molecular complexity index is 332. The fraction of sp³-hybridized carbons (Fsp3) is 0.846. The van der Waals surface area contributed by atoms with Gasteiger partial charge < -0.3 is 15.5 Å². The van der Waals surface area contributed by atoms with Crippen LogP contribution in [0.3, 0.4) is 0 Å². The van der Waals surface area contributed by atoms with Gasteiger partial charge in [-0.05, 0) is 12.8 Å². The van der Waals surface area contributed by atoms with E-state index in [1.54, 1.807) is 16.8 Å². The van der Waals surface area contributed by atoms with Gasteiger partial charge in [0.15, 0.2) is 0 Å². The summed E-state index contributed by atoms with van der Waals surface area (Å²) in [5.41, 5.74) is 6.11. The number of rotatable bonds is 1. The molecule has 0 bridgehead atoms. The molecule has 1 saturated carbocycles. The number of carbonyl (C=O) groups excluding carboxylic acids is 2. The maximum absolute atomic E-state index is 12.4. The quantitative estimate of drug-likeness (QED) is 0.679. The molecule has 0 aromatic rings. The molecule has 1 aliphatic carbocycles. The first-order valence-electron chi connectivity index (χ1n) is 6.88. The lowest BCUT2D eigenvalue weighted by Crippen LogP contribution is -2.54. The highest BCUT2D eigenvalue weighted by Gasteiger charge is 2.33. The molecule has 1 aliphatic heterocycles. The number of hydrogen-bond acceptors (Lipinski definition) is 3. The first-order valence-corrected chi connectivity index (χ1v) is 6.88. The standard InChI is InChI=1S/C13H23N3O2/c1-15-7-8-16(9-12(15)17)13(18)10-5-3-2-4-6-11(10)14/h10-11H,2-9,14H2,1H3. The van der Waals surface area contributed by atoms with Crippen molar-refractivity contribution in [3.05, 3.63) is 0 Å². The van der Waals surface area contributed by atoms with Gasteiger partial charge in [0.2, 0.25) is 11.8 Å². The summed E-state index contributed by atoms with van der Waals surface area (Å²) in [7, 11) is 1.78. The number of nitrogens with zero attached hydrogens (tertiary/aromatic N) is 2. The first kappa shape index (κ1) is 13.3. The van der Waals surface area contributed by atoms with Crippen LogP contribution in [0.25, 0.3) is 0 Å².